The van der Waals surface area contributed by atoms with Gasteiger partial charge in [0.15, 0.2) is 0 Å². The molecule has 2 N–H and O–H groups in total. The number of aryl methyl sites for hydroxylation is 1. The Morgan fingerprint density at radius 2 is 2.10 bits per heavy atom. The Kier molecular flexibility index (Phi) is 3.31. The molecule has 104 valence electrons. The highest BCUT2D eigenvalue weighted by Crippen LogP contribution is 2.29. The normalized spacial score (nSPS) is 12.6. The van der Waals surface area contributed by atoms with Crippen molar-refractivity contribution in [2.45, 2.75) is 19.9 Å². The minimum absolute atomic E-state index is 0.0476. The van der Waals surface area contributed by atoms with E-state index in [-0.39, 0.29) is 6.04 Å². The van der Waals surface area contributed by atoms with Gasteiger partial charge >= 0.3 is 0 Å². The Labute approximate surface area is 121 Å². The van der Waals surface area contributed by atoms with Gasteiger partial charge in [-0.15, -0.1) is 11.3 Å². The number of furan rings is 1. The van der Waals surface area contributed by atoms with Gasteiger partial charge < -0.3 is 15.1 Å². The SMILES string of the molecule is CNc1nc(NC(C)c2ccc(C)o2)c2ccsc2n1. The molecule has 0 fully saturated rings. The summed E-state index contributed by atoms with van der Waals surface area (Å²) < 4.78 is 5.65. The van der Waals surface area contributed by atoms with Crippen molar-refractivity contribution in [3.63, 3.8) is 0 Å². The lowest BCUT2D eigenvalue weighted by molar-refractivity contribution is 0.466. The fraction of sp³-hybridized carbons (Fsp3) is 0.286. The molecule has 5 nitrogen and oxygen atoms in total. The van der Waals surface area contributed by atoms with Crippen LogP contribution in [0.5, 0.6) is 0 Å². The van der Waals surface area contributed by atoms with Gasteiger partial charge in [-0.1, -0.05) is 0 Å². The summed E-state index contributed by atoms with van der Waals surface area (Å²) in [5.41, 5.74) is 0. The van der Waals surface area contributed by atoms with Gasteiger partial charge in [-0.3, -0.25) is 0 Å². The lowest BCUT2D eigenvalue weighted by atomic mass is 10.2. The largest absolute Gasteiger partial charge is 0.464 e. The average molecular weight is 288 g/mol. The molecule has 0 spiro atoms. The molecule has 0 bridgehead atoms. The number of rotatable bonds is 4. The van der Waals surface area contributed by atoms with Gasteiger partial charge in [0.05, 0.1) is 11.4 Å². The summed E-state index contributed by atoms with van der Waals surface area (Å²) in [4.78, 5) is 9.89. The van der Waals surface area contributed by atoms with E-state index in [1.54, 1.807) is 11.3 Å². The van der Waals surface area contributed by atoms with E-state index in [2.05, 4.69) is 27.5 Å². The van der Waals surface area contributed by atoms with Crippen LogP contribution >= 0.6 is 11.3 Å². The molecule has 3 heterocycles. The predicted molar refractivity (Wildman–Crippen MR) is 82.4 cm³/mol. The van der Waals surface area contributed by atoms with Crippen molar-refractivity contribution in [3.8, 4) is 0 Å². The summed E-state index contributed by atoms with van der Waals surface area (Å²) in [6, 6.07) is 6.03. The monoisotopic (exact) mass is 288 g/mol. The van der Waals surface area contributed by atoms with E-state index in [4.69, 9.17) is 4.42 Å². The number of thiophene rings is 1. The molecule has 0 saturated carbocycles. The maximum atomic E-state index is 5.65. The summed E-state index contributed by atoms with van der Waals surface area (Å²) in [6.07, 6.45) is 0. The first-order valence-electron chi connectivity index (χ1n) is 6.43. The summed E-state index contributed by atoms with van der Waals surface area (Å²) in [6.45, 7) is 3.99. The maximum Gasteiger partial charge on any atom is 0.225 e. The molecule has 3 rings (SSSR count). The molecular weight excluding hydrogens is 272 g/mol. The molecule has 0 radical (unpaired) electrons. The van der Waals surface area contributed by atoms with Crippen molar-refractivity contribution < 1.29 is 4.42 Å². The molecule has 0 aliphatic heterocycles. The Bertz CT molecular complexity index is 734. The third-order valence-corrected chi connectivity index (χ3v) is 3.90. The number of nitrogens with one attached hydrogen (secondary N) is 2. The highest BCUT2D eigenvalue weighted by Gasteiger charge is 2.14. The molecule has 1 atom stereocenters. The second-order valence-corrected chi connectivity index (χ2v) is 5.49. The first kappa shape index (κ1) is 12.9. The summed E-state index contributed by atoms with van der Waals surface area (Å²) in [5.74, 6) is 3.25. The second kappa shape index (κ2) is 5.13. The van der Waals surface area contributed by atoms with E-state index in [0.29, 0.717) is 5.95 Å². The van der Waals surface area contributed by atoms with Gasteiger partial charge in [0.25, 0.3) is 0 Å². The number of hydrogen-bond acceptors (Lipinski definition) is 6. The van der Waals surface area contributed by atoms with Gasteiger partial charge in [-0.2, -0.15) is 4.98 Å². The molecule has 0 aromatic carbocycles. The van der Waals surface area contributed by atoms with Crippen LogP contribution in [0.15, 0.2) is 28.0 Å². The number of fused-ring (bicyclic) bond motifs is 1. The number of hydrogen-bond donors (Lipinski definition) is 2. The van der Waals surface area contributed by atoms with Gasteiger partial charge in [-0.05, 0) is 37.4 Å². The zero-order valence-corrected chi connectivity index (χ0v) is 12.4. The highest BCUT2D eigenvalue weighted by molar-refractivity contribution is 7.16. The van der Waals surface area contributed by atoms with Crippen LogP contribution in [0.1, 0.15) is 24.5 Å². The van der Waals surface area contributed by atoms with Crippen LogP contribution in [0.3, 0.4) is 0 Å². The molecule has 0 amide bonds. The van der Waals surface area contributed by atoms with Crippen LogP contribution in [-0.4, -0.2) is 17.0 Å². The minimum atomic E-state index is 0.0476. The molecule has 6 heteroatoms. The van der Waals surface area contributed by atoms with Crippen LogP contribution in [0.25, 0.3) is 10.2 Å². The smallest absolute Gasteiger partial charge is 0.225 e. The first-order chi connectivity index (χ1) is 9.67. The van der Waals surface area contributed by atoms with E-state index < -0.39 is 0 Å². The zero-order chi connectivity index (χ0) is 14.1. The van der Waals surface area contributed by atoms with Crippen LogP contribution < -0.4 is 10.6 Å². The topological polar surface area (TPSA) is 63.0 Å². The van der Waals surface area contributed by atoms with E-state index in [9.17, 15) is 0 Å². The van der Waals surface area contributed by atoms with Crippen molar-refractivity contribution in [2.24, 2.45) is 0 Å². The maximum absolute atomic E-state index is 5.65. The number of anilines is 2. The quantitative estimate of drug-likeness (QED) is 0.764. The van der Waals surface area contributed by atoms with Crippen molar-refractivity contribution in [1.29, 1.82) is 0 Å². The number of aromatic nitrogens is 2. The third-order valence-electron chi connectivity index (χ3n) is 3.09. The van der Waals surface area contributed by atoms with Crippen LogP contribution in [0, 0.1) is 6.92 Å². The van der Waals surface area contributed by atoms with Gasteiger partial charge in [0, 0.05) is 7.05 Å². The van der Waals surface area contributed by atoms with E-state index >= 15 is 0 Å². The molecular formula is C14H16N4OS. The third kappa shape index (κ3) is 2.34. The van der Waals surface area contributed by atoms with Gasteiger partial charge in [0.2, 0.25) is 5.95 Å². The highest BCUT2D eigenvalue weighted by atomic mass is 32.1. The zero-order valence-electron chi connectivity index (χ0n) is 11.6. The van der Waals surface area contributed by atoms with Gasteiger partial charge in [0.1, 0.15) is 22.2 Å². The molecule has 3 aromatic heterocycles. The lowest BCUT2D eigenvalue weighted by Gasteiger charge is -2.13. The molecule has 1 unspecified atom stereocenters. The Morgan fingerprint density at radius 3 is 2.80 bits per heavy atom. The van der Waals surface area contributed by atoms with Crippen molar-refractivity contribution in [2.75, 3.05) is 17.7 Å². The summed E-state index contributed by atoms with van der Waals surface area (Å²) in [5, 5.41) is 9.44. The second-order valence-electron chi connectivity index (χ2n) is 4.60. The van der Waals surface area contributed by atoms with Crippen LogP contribution in [-0.2, 0) is 0 Å². The minimum Gasteiger partial charge on any atom is -0.464 e. The van der Waals surface area contributed by atoms with Gasteiger partial charge in [-0.25, -0.2) is 4.98 Å². The van der Waals surface area contributed by atoms with Crippen molar-refractivity contribution in [3.05, 3.63) is 35.1 Å². The molecule has 0 aliphatic rings. The predicted octanol–water partition coefficient (Wildman–Crippen LogP) is 3.81. The Hall–Kier alpha value is -2.08. The van der Waals surface area contributed by atoms with Crippen molar-refractivity contribution >= 4 is 33.3 Å². The fourth-order valence-corrected chi connectivity index (χ4v) is 2.80. The molecule has 3 aromatic rings. The Balaban J connectivity index is 1.95. The molecule has 20 heavy (non-hydrogen) atoms. The fourth-order valence-electron chi connectivity index (χ4n) is 2.04. The molecule has 0 aliphatic carbocycles. The van der Waals surface area contributed by atoms with Crippen LogP contribution in [0.2, 0.25) is 0 Å². The Morgan fingerprint density at radius 1 is 1.25 bits per heavy atom. The molecule has 0 saturated heterocycles. The lowest BCUT2D eigenvalue weighted by Crippen LogP contribution is -2.09. The van der Waals surface area contributed by atoms with Crippen molar-refractivity contribution in [1.82, 2.24) is 9.97 Å². The first-order valence-corrected chi connectivity index (χ1v) is 7.31. The van der Waals surface area contributed by atoms with E-state index in [1.165, 1.54) is 0 Å². The van der Waals surface area contributed by atoms with E-state index in [1.807, 2.05) is 37.6 Å². The van der Waals surface area contributed by atoms with Crippen LogP contribution in [0.4, 0.5) is 11.8 Å². The number of nitrogens with zero attached hydrogens (tertiary/aromatic N) is 2. The average Bonchev–Trinajstić information content (AvgIpc) is 3.06. The summed E-state index contributed by atoms with van der Waals surface area (Å²) >= 11 is 1.60. The summed E-state index contributed by atoms with van der Waals surface area (Å²) in [7, 11) is 1.82. The standard InChI is InChI=1S/C14H16N4OS/c1-8-4-5-11(19-8)9(2)16-12-10-6-7-20-13(10)18-14(15-3)17-12/h4-7,9H,1-3H3,(H2,15,16,17,18). The van der Waals surface area contributed by atoms with E-state index in [0.717, 1.165) is 27.6 Å².